The summed E-state index contributed by atoms with van der Waals surface area (Å²) < 4.78 is 4.79. The van der Waals surface area contributed by atoms with Gasteiger partial charge in [0, 0.05) is 0 Å². The highest BCUT2D eigenvalue weighted by atomic mass is 32.1. The van der Waals surface area contributed by atoms with Gasteiger partial charge in [-0.2, -0.15) is 9.99 Å². The standard InChI is InChI=1S/C8H5N5O2S/c1-10-6-7(11-4-15-2)13(14)8(16)5(3-9)12-6/h4,14H,2H3/b11-4-. The van der Waals surface area contributed by atoms with Crippen LogP contribution in [0, 0.1) is 22.5 Å². The first kappa shape index (κ1) is 11.6. The van der Waals surface area contributed by atoms with Crippen molar-refractivity contribution in [2.24, 2.45) is 4.99 Å². The minimum absolute atomic E-state index is 0.180. The van der Waals surface area contributed by atoms with Crippen LogP contribution in [0.4, 0.5) is 11.6 Å². The molecule has 1 rings (SSSR count). The van der Waals surface area contributed by atoms with Crippen molar-refractivity contribution >= 4 is 30.3 Å². The Labute approximate surface area is 95.7 Å². The number of nitrogens with zero attached hydrogens (tertiary/aromatic N) is 5. The first-order valence-electron chi connectivity index (χ1n) is 3.85. The summed E-state index contributed by atoms with van der Waals surface area (Å²) in [6.07, 6.45) is 1.01. The zero-order chi connectivity index (χ0) is 12.1. The van der Waals surface area contributed by atoms with Gasteiger partial charge in [-0.05, 0) is 0 Å². The van der Waals surface area contributed by atoms with E-state index in [4.69, 9.17) is 24.1 Å². The second-order valence-electron chi connectivity index (χ2n) is 2.42. The van der Waals surface area contributed by atoms with E-state index >= 15 is 0 Å². The van der Waals surface area contributed by atoms with Crippen molar-refractivity contribution in [1.82, 2.24) is 9.71 Å². The van der Waals surface area contributed by atoms with Gasteiger partial charge in [-0.1, -0.05) is 18.8 Å². The van der Waals surface area contributed by atoms with Crippen LogP contribution in [0.2, 0.25) is 0 Å². The Kier molecular flexibility index (Phi) is 3.53. The molecule has 0 aliphatic carbocycles. The van der Waals surface area contributed by atoms with Crippen molar-refractivity contribution < 1.29 is 9.94 Å². The van der Waals surface area contributed by atoms with E-state index in [1.54, 1.807) is 6.07 Å². The smallest absolute Gasteiger partial charge is 0.317 e. The van der Waals surface area contributed by atoms with Crippen molar-refractivity contribution in [3.8, 4) is 6.07 Å². The molecule has 0 saturated carbocycles. The molecular weight excluding hydrogens is 230 g/mol. The molecule has 1 heterocycles. The number of hydrogen-bond donors (Lipinski definition) is 1. The fourth-order valence-corrected chi connectivity index (χ4v) is 1.04. The van der Waals surface area contributed by atoms with Crippen LogP contribution in [0.3, 0.4) is 0 Å². The molecule has 1 aromatic rings. The van der Waals surface area contributed by atoms with E-state index in [2.05, 4.69) is 19.6 Å². The van der Waals surface area contributed by atoms with Crippen molar-refractivity contribution in [1.29, 1.82) is 5.26 Å². The summed E-state index contributed by atoms with van der Waals surface area (Å²) in [5, 5.41) is 18.2. The molecule has 0 unspecified atom stereocenters. The highest BCUT2D eigenvalue weighted by molar-refractivity contribution is 7.71. The molecule has 0 fully saturated rings. The molecule has 8 heteroatoms. The van der Waals surface area contributed by atoms with Crippen LogP contribution >= 0.6 is 12.2 Å². The first-order valence-corrected chi connectivity index (χ1v) is 4.25. The van der Waals surface area contributed by atoms with Gasteiger partial charge < -0.3 is 14.8 Å². The zero-order valence-corrected chi connectivity index (χ0v) is 8.89. The lowest BCUT2D eigenvalue weighted by Gasteiger charge is -2.03. The van der Waals surface area contributed by atoms with E-state index < -0.39 is 0 Å². The van der Waals surface area contributed by atoms with Gasteiger partial charge in [0.1, 0.15) is 6.07 Å². The molecule has 0 saturated heterocycles. The van der Waals surface area contributed by atoms with Gasteiger partial charge in [0.25, 0.3) is 5.69 Å². The predicted octanol–water partition coefficient (Wildman–Crippen LogP) is 1.58. The van der Waals surface area contributed by atoms with Gasteiger partial charge in [0.2, 0.25) is 4.64 Å². The maximum atomic E-state index is 9.56. The highest BCUT2D eigenvalue weighted by Crippen LogP contribution is 2.25. The van der Waals surface area contributed by atoms with Crippen LogP contribution in [-0.4, -0.2) is 28.4 Å². The number of nitriles is 1. The third kappa shape index (κ3) is 1.97. The van der Waals surface area contributed by atoms with E-state index in [9.17, 15) is 5.21 Å². The van der Waals surface area contributed by atoms with Gasteiger partial charge in [0.05, 0.1) is 7.11 Å². The molecule has 0 amide bonds. The molecule has 7 nitrogen and oxygen atoms in total. The second-order valence-corrected chi connectivity index (χ2v) is 2.81. The van der Waals surface area contributed by atoms with Gasteiger partial charge >= 0.3 is 5.82 Å². The van der Waals surface area contributed by atoms with Gasteiger partial charge in [-0.3, -0.25) is 0 Å². The Morgan fingerprint density at radius 2 is 2.50 bits per heavy atom. The average molecular weight is 235 g/mol. The van der Waals surface area contributed by atoms with Crippen LogP contribution in [0.15, 0.2) is 4.99 Å². The zero-order valence-electron chi connectivity index (χ0n) is 8.08. The van der Waals surface area contributed by atoms with E-state index in [1.807, 2.05) is 0 Å². The lowest BCUT2D eigenvalue weighted by molar-refractivity contribution is 0.184. The quantitative estimate of drug-likeness (QED) is 0.276. The number of aliphatic imine (C=N–C) groups is 1. The van der Waals surface area contributed by atoms with Crippen molar-refractivity contribution in [3.05, 3.63) is 21.8 Å². The number of rotatable bonds is 2. The van der Waals surface area contributed by atoms with Crippen molar-refractivity contribution in [3.63, 3.8) is 0 Å². The molecule has 0 radical (unpaired) electrons. The second kappa shape index (κ2) is 4.87. The first-order chi connectivity index (χ1) is 7.65. The molecular formula is C8H5N5O2S. The van der Waals surface area contributed by atoms with Crippen LogP contribution in [0.5, 0.6) is 0 Å². The number of aromatic nitrogens is 2. The fraction of sp³-hybridized carbons (Fsp3) is 0.125. The molecule has 80 valence electrons. The minimum atomic E-state index is -0.235. The summed E-state index contributed by atoms with van der Waals surface area (Å²) >= 11 is 4.75. The maximum Gasteiger partial charge on any atom is 0.317 e. The summed E-state index contributed by atoms with van der Waals surface area (Å²) in [5.74, 6) is -0.415. The molecule has 1 aromatic heterocycles. The summed E-state index contributed by atoms with van der Waals surface area (Å²) in [6, 6.07) is 1.67. The third-order valence-corrected chi connectivity index (χ3v) is 1.87. The number of hydrogen-bond acceptors (Lipinski definition) is 6. The predicted molar refractivity (Wildman–Crippen MR) is 56.4 cm³/mol. The molecule has 0 aromatic carbocycles. The van der Waals surface area contributed by atoms with E-state index in [-0.39, 0.29) is 22.0 Å². The lowest BCUT2D eigenvalue weighted by Crippen LogP contribution is -2.01. The number of ether oxygens (including phenoxy) is 1. The summed E-state index contributed by atoms with van der Waals surface area (Å²) in [7, 11) is 1.36. The summed E-state index contributed by atoms with van der Waals surface area (Å²) in [6.45, 7) is 6.84. The Morgan fingerprint density at radius 1 is 1.81 bits per heavy atom. The molecule has 0 bridgehead atoms. The molecule has 0 atom stereocenters. The molecule has 1 N–H and O–H groups in total. The lowest BCUT2D eigenvalue weighted by atomic mass is 10.4. The van der Waals surface area contributed by atoms with Crippen molar-refractivity contribution in [2.45, 2.75) is 0 Å². The number of methoxy groups -OCH3 is 1. The Bertz CT molecular complexity index is 578. The SMILES string of the molecule is [C-]#[N+]c1nc(C#N)c(=S)n(O)c1/N=C\OC. The monoisotopic (exact) mass is 235 g/mol. The average Bonchev–Trinajstić information content (AvgIpc) is 2.31. The topological polar surface area (TPSA) is 87.8 Å². The summed E-state index contributed by atoms with van der Waals surface area (Å²) in [4.78, 5) is 10.3. The van der Waals surface area contributed by atoms with Crippen LogP contribution < -0.4 is 0 Å². The van der Waals surface area contributed by atoms with Gasteiger partial charge in [0.15, 0.2) is 12.2 Å². The normalized spacial score (nSPS) is 9.69. The third-order valence-electron chi connectivity index (χ3n) is 1.51. The fourth-order valence-electron chi connectivity index (χ4n) is 0.858. The highest BCUT2D eigenvalue weighted by Gasteiger charge is 2.15. The maximum absolute atomic E-state index is 9.56. The minimum Gasteiger partial charge on any atom is -0.486 e. The Balaban J connectivity index is 3.57. The molecule has 0 spiro atoms. The van der Waals surface area contributed by atoms with E-state index in [0.29, 0.717) is 4.73 Å². The largest absolute Gasteiger partial charge is 0.486 e. The summed E-state index contributed by atoms with van der Waals surface area (Å²) in [5.41, 5.74) is -0.208. The van der Waals surface area contributed by atoms with Crippen LogP contribution in [0.25, 0.3) is 4.85 Å². The van der Waals surface area contributed by atoms with E-state index in [0.717, 1.165) is 6.40 Å². The Morgan fingerprint density at radius 3 is 3.00 bits per heavy atom. The molecule has 0 aliphatic heterocycles. The molecule has 0 aliphatic rings. The van der Waals surface area contributed by atoms with Crippen molar-refractivity contribution in [2.75, 3.05) is 7.11 Å². The Hall–Kier alpha value is -2.45. The van der Waals surface area contributed by atoms with Crippen LogP contribution in [-0.2, 0) is 4.74 Å². The van der Waals surface area contributed by atoms with Gasteiger partial charge in [-0.15, -0.1) is 4.98 Å². The molecule has 16 heavy (non-hydrogen) atoms. The van der Waals surface area contributed by atoms with Crippen LogP contribution in [0.1, 0.15) is 5.69 Å². The van der Waals surface area contributed by atoms with Gasteiger partial charge in [-0.25, -0.2) is 4.99 Å². The van der Waals surface area contributed by atoms with E-state index in [1.165, 1.54) is 7.11 Å².